The highest BCUT2D eigenvalue weighted by molar-refractivity contribution is 6.38. The van der Waals surface area contributed by atoms with E-state index in [1.165, 1.54) is 4.90 Å². The quantitative estimate of drug-likeness (QED) is 0.322. The number of amides is 4. The molecule has 0 radical (unpaired) electrons. The smallest absolute Gasteiger partial charge is 0.408 e. The van der Waals surface area contributed by atoms with Crippen LogP contribution in [-0.2, 0) is 28.8 Å². The molecule has 1 saturated carbocycles. The van der Waals surface area contributed by atoms with Crippen molar-refractivity contribution in [3.63, 3.8) is 0 Å². The number of carbonyl (C=O) groups is 5. The number of hydrogen-bond acceptors (Lipinski definition) is 8. The molecule has 12 nitrogen and oxygen atoms in total. The summed E-state index contributed by atoms with van der Waals surface area (Å²) in [6, 6.07) is 3.93. The zero-order chi connectivity index (χ0) is 34.0. The zero-order valence-corrected chi connectivity index (χ0v) is 28.5. The Balaban J connectivity index is 1.61. The highest BCUT2D eigenvalue weighted by Crippen LogP contribution is 2.40. The lowest BCUT2D eigenvalue weighted by molar-refractivity contribution is -0.144. The Bertz CT molecular complexity index is 1400. The lowest BCUT2D eigenvalue weighted by Crippen LogP contribution is -2.59. The van der Waals surface area contributed by atoms with E-state index in [9.17, 15) is 24.0 Å². The van der Waals surface area contributed by atoms with E-state index in [4.69, 9.17) is 21.2 Å². The van der Waals surface area contributed by atoms with Gasteiger partial charge in [0.15, 0.2) is 5.60 Å². The Morgan fingerprint density at radius 1 is 1.11 bits per heavy atom. The van der Waals surface area contributed by atoms with Gasteiger partial charge in [0.25, 0.3) is 5.91 Å². The highest BCUT2D eigenvalue weighted by atomic mass is 35.5. The number of carbonyl (C=O) groups excluding carboxylic acids is 5. The van der Waals surface area contributed by atoms with E-state index >= 15 is 0 Å². The van der Waals surface area contributed by atoms with Crippen molar-refractivity contribution < 1.29 is 33.5 Å². The summed E-state index contributed by atoms with van der Waals surface area (Å²) in [6.07, 6.45) is 2.01. The van der Waals surface area contributed by atoms with E-state index < -0.39 is 64.3 Å². The van der Waals surface area contributed by atoms with Gasteiger partial charge in [-0.3, -0.25) is 19.2 Å². The van der Waals surface area contributed by atoms with E-state index in [0.717, 1.165) is 18.4 Å². The van der Waals surface area contributed by atoms with Crippen LogP contribution >= 0.6 is 11.6 Å². The summed E-state index contributed by atoms with van der Waals surface area (Å²) < 4.78 is 5.45. The van der Waals surface area contributed by atoms with Gasteiger partial charge in [-0.1, -0.05) is 63.0 Å². The van der Waals surface area contributed by atoms with Crippen molar-refractivity contribution >= 4 is 46.9 Å². The van der Waals surface area contributed by atoms with Crippen LogP contribution in [0.5, 0.6) is 0 Å². The zero-order valence-electron chi connectivity index (χ0n) is 27.7. The maximum Gasteiger partial charge on any atom is 0.408 e. The molecule has 1 spiro atoms. The average Bonchev–Trinajstić information content (AvgIpc) is 3.54. The van der Waals surface area contributed by atoms with E-state index in [0.29, 0.717) is 23.6 Å². The van der Waals surface area contributed by atoms with Crippen LogP contribution < -0.4 is 16.0 Å². The van der Waals surface area contributed by atoms with Gasteiger partial charge in [-0.05, 0) is 57.6 Å². The van der Waals surface area contributed by atoms with Crippen LogP contribution in [0.2, 0.25) is 5.02 Å². The predicted molar refractivity (Wildman–Crippen MR) is 172 cm³/mol. The Hall–Kier alpha value is -3.67. The van der Waals surface area contributed by atoms with E-state index in [-0.39, 0.29) is 25.4 Å². The van der Waals surface area contributed by atoms with Gasteiger partial charge in [-0.2, -0.15) is 0 Å². The molecule has 46 heavy (non-hydrogen) atoms. The van der Waals surface area contributed by atoms with Gasteiger partial charge < -0.3 is 30.4 Å². The molecular weight excluding hydrogens is 614 g/mol. The molecule has 0 unspecified atom stereocenters. The number of hydrogen-bond donors (Lipinski definition) is 3. The number of alkyl carbamates (subject to hydrolysis) is 1. The molecule has 2 heterocycles. The lowest BCUT2D eigenvalue weighted by atomic mass is 9.85. The first-order valence-electron chi connectivity index (χ1n) is 15.9. The number of Topliss-reactive ketones (excluding diaryl/α,β-unsaturated/α-hetero) is 1. The first kappa shape index (κ1) is 35.2. The third-order valence-corrected chi connectivity index (χ3v) is 8.34. The molecule has 1 aromatic rings. The molecule has 1 aromatic carbocycles. The summed E-state index contributed by atoms with van der Waals surface area (Å²) in [7, 11) is 0. The van der Waals surface area contributed by atoms with E-state index in [2.05, 4.69) is 21.1 Å². The molecule has 1 saturated heterocycles. The minimum atomic E-state index is -1.08. The fourth-order valence-corrected chi connectivity index (χ4v) is 5.85. The van der Waals surface area contributed by atoms with Gasteiger partial charge in [0.2, 0.25) is 17.6 Å². The Morgan fingerprint density at radius 3 is 2.39 bits per heavy atom. The number of nitrogens with zero attached hydrogens (tertiary/aromatic N) is 2. The van der Waals surface area contributed by atoms with E-state index in [1.807, 2.05) is 13.0 Å². The second kappa shape index (κ2) is 13.6. The predicted octanol–water partition coefficient (Wildman–Crippen LogP) is 3.88. The molecule has 0 aromatic heterocycles. The van der Waals surface area contributed by atoms with Crippen molar-refractivity contribution in [3.8, 4) is 0 Å². The van der Waals surface area contributed by atoms with Crippen molar-refractivity contribution in [2.24, 2.45) is 10.6 Å². The largest absolute Gasteiger partial charge is 0.444 e. The van der Waals surface area contributed by atoms with Gasteiger partial charge in [0.1, 0.15) is 17.7 Å². The monoisotopic (exact) mass is 659 g/mol. The van der Waals surface area contributed by atoms with Gasteiger partial charge >= 0.3 is 6.09 Å². The molecule has 1 aliphatic carbocycles. The van der Waals surface area contributed by atoms with Crippen LogP contribution in [0.15, 0.2) is 29.4 Å². The maximum absolute atomic E-state index is 14.4. The van der Waals surface area contributed by atoms with Crippen molar-refractivity contribution in [2.75, 3.05) is 6.54 Å². The molecule has 0 bridgehead atoms. The molecule has 2 fully saturated rings. The average molecular weight is 660 g/mol. The van der Waals surface area contributed by atoms with Crippen LogP contribution in [0.4, 0.5) is 4.79 Å². The second-order valence-corrected chi connectivity index (χ2v) is 15.0. The third-order valence-electron chi connectivity index (χ3n) is 8.10. The number of benzene rings is 1. The summed E-state index contributed by atoms with van der Waals surface area (Å²) in [5, 5.41) is 13.0. The molecule has 3 aliphatic rings. The number of nitrogens with one attached hydrogen (secondary N) is 3. The summed E-state index contributed by atoms with van der Waals surface area (Å²) in [6.45, 7) is 12.4. The minimum Gasteiger partial charge on any atom is -0.444 e. The Labute approximate surface area is 275 Å². The van der Waals surface area contributed by atoms with Crippen LogP contribution in [-0.4, -0.2) is 82.1 Å². The topological polar surface area (TPSA) is 156 Å². The van der Waals surface area contributed by atoms with Crippen molar-refractivity contribution in [1.82, 2.24) is 20.9 Å². The van der Waals surface area contributed by atoms with Gasteiger partial charge in [0.05, 0.1) is 18.3 Å². The molecule has 252 valence electrons. The molecule has 4 atom stereocenters. The lowest BCUT2D eigenvalue weighted by Gasteiger charge is -2.36. The van der Waals surface area contributed by atoms with E-state index in [1.54, 1.807) is 59.7 Å². The normalized spacial score (nSPS) is 22.4. The molecule has 13 heteroatoms. The van der Waals surface area contributed by atoms with Crippen LogP contribution in [0.1, 0.15) is 92.6 Å². The molecule has 2 aliphatic heterocycles. The number of oxime groups is 1. The molecule has 4 amide bonds. The van der Waals surface area contributed by atoms with Crippen molar-refractivity contribution in [3.05, 3.63) is 34.9 Å². The summed E-state index contributed by atoms with van der Waals surface area (Å²) in [4.78, 5) is 74.3. The number of ether oxygens (including phenoxy) is 1. The number of likely N-dealkylation sites (tertiary alicyclic amines) is 1. The van der Waals surface area contributed by atoms with Crippen LogP contribution in [0.3, 0.4) is 0 Å². The summed E-state index contributed by atoms with van der Waals surface area (Å²) in [5.41, 5.74) is -1.24. The minimum absolute atomic E-state index is 0.00534. The van der Waals surface area contributed by atoms with Crippen LogP contribution in [0, 0.1) is 5.41 Å². The highest BCUT2D eigenvalue weighted by Gasteiger charge is 2.55. The maximum atomic E-state index is 14.4. The third kappa shape index (κ3) is 8.77. The second-order valence-electron chi connectivity index (χ2n) is 14.6. The SMILES string of the molecule is CCC[C@H](NC(=O)[C@@H]1C[C@]2(CC(c3cccc(Cl)c3)=NO2)CN1C(=O)[C@@H](NC(=O)OC(C)(C)C)C(C)(C)C)C(=O)C(=O)NC1CC1. The number of rotatable bonds is 10. The summed E-state index contributed by atoms with van der Waals surface area (Å²) >= 11 is 6.21. The van der Waals surface area contributed by atoms with Crippen LogP contribution in [0.25, 0.3) is 0 Å². The van der Waals surface area contributed by atoms with Gasteiger partial charge in [-0.25, -0.2) is 4.79 Å². The molecule has 4 rings (SSSR count). The van der Waals surface area contributed by atoms with Gasteiger partial charge in [0, 0.05) is 29.5 Å². The fourth-order valence-electron chi connectivity index (χ4n) is 5.66. The molecule has 3 N–H and O–H groups in total. The van der Waals surface area contributed by atoms with Crippen molar-refractivity contribution in [1.29, 1.82) is 0 Å². The van der Waals surface area contributed by atoms with Crippen molar-refractivity contribution in [2.45, 2.75) is 122 Å². The Morgan fingerprint density at radius 2 is 1.80 bits per heavy atom. The first-order valence-corrected chi connectivity index (χ1v) is 16.3. The standard InChI is InChI=1S/C33H46ClN5O7/c1-8-10-22(25(40)28(42)35-21-13-14-21)36-27(41)24-17-33(16-23(38-46-33)19-11-9-12-20(34)15-19)18-39(24)29(43)26(31(2,3)4)37-30(44)45-32(5,6)7/h9,11-12,15,21-22,24,26H,8,10,13-14,16-18H2,1-7H3,(H,35,42)(H,36,41)(H,37,44)/t22-,24-,26+,33+/m0/s1. The Kier molecular flexibility index (Phi) is 10.4. The van der Waals surface area contributed by atoms with Gasteiger partial charge in [-0.15, -0.1) is 0 Å². The molecular formula is C33H46ClN5O7. The fraction of sp³-hybridized carbons (Fsp3) is 0.636. The summed E-state index contributed by atoms with van der Waals surface area (Å²) in [5.74, 6) is -2.57. The number of halogens is 1. The first-order chi connectivity index (χ1) is 21.4. The number of ketones is 1.